The third kappa shape index (κ3) is 6.02. The first-order chi connectivity index (χ1) is 17.1. The second kappa shape index (κ2) is 11.6. The number of rotatable bonds is 8. The van der Waals surface area contributed by atoms with Crippen LogP contribution in [0.2, 0.25) is 0 Å². The minimum atomic E-state index is -0.263. The van der Waals surface area contributed by atoms with Gasteiger partial charge in [0.2, 0.25) is 0 Å². The van der Waals surface area contributed by atoms with Crippen LogP contribution in [0.4, 0.5) is 11.5 Å². The van der Waals surface area contributed by atoms with Crippen LogP contribution in [0.3, 0.4) is 0 Å². The number of para-hydroxylation sites is 1. The molecule has 4 rings (SSSR count). The number of amides is 1. The van der Waals surface area contributed by atoms with Crippen LogP contribution in [0.5, 0.6) is 17.2 Å². The van der Waals surface area contributed by atoms with Gasteiger partial charge in [-0.25, -0.2) is 4.98 Å². The zero-order chi connectivity index (χ0) is 24.6. The Balaban J connectivity index is 1.36. The number of benzene rings is 2. The molecule has 0 unspecified atom stereocenters. The Morgan fingerprint density at radius 2 is 1.74 bits per heavy atom. The summed E-state index contributed by atoms with van der Waals surface area (Å²) in [5, 5.41) is 2.90. The Bertz CT molecular complexity index is 1140. The molecule has 0 spiro atoms. The van der Waals surface area contributed by atoms with E-state index in [1.54, 1.807) is 38.6 Å². The van der Waals surface area contributed by atoms with Crippen molar-refractivity contribution in [1.82, 2.24) is 9.88 Å². The van der Waals surface area contributed by atoms with Gasteiger partial charge in [0.05, 0.1) is 38.8 Å². The maximum absolute atomic E-state index is 12.8. The van der Waals surface area contributed by atoms with Gasteiger partial charge in [-0.2, -0.15) is 0 Å². The van der Waals surface area contributed by atoms with E-state index in [4.69, 9.17) is 14.2 Å². The normalized spacial score (nSPS) is 14.2. The summed E-state index contributed by atoms with van der Waals surface area (Å²) in [5.41, 5.74) is 2.26. The number of carbonyl (C=O) groups excluding carboxylic acids is 1. The molecule has 8 heteroatoms. The van der Waals surface area contributed by atoms with Gasteiger partial charge in [-0.15, -0.1) is 0 Å². The fourth-order valence-corrected chi connectivity index (χ4v) is 4.26. The van der Waals surface area contributed by atoms with Crippen LogP contribution < -0.4 is 24.4 Å². The van der Waals surface area contributed by atoms with Crippen molar-refractivity contribution >= 4 is 17.4 Å². The second-order valence-electron chi connectivity index (χ2n) is 8.35. The quantitative estimate of drug-likeness (QED) is 0.525. The molecule has 1 fully saturated rings. The molecular formula is C27H32N4O4. The maximum atomic E-state index is 12.8. The molecule has 1 aromatic heterocycles. The lowest BCUT2D eigenvalue weighted by atomic mass is 10.1. The molecule has 0 saturated carbocycles. The molecule has 2 heterocycles. The molecule has 1 aliphatic rings. The van der Waals surface area contributed by atoms with Crippen LogP contribution >= 0.6 is 0 Å². The van der Waals surface area contributed by atoms with Gasteiger partial charge in [-0.1, -0.05) is 18.2 Å². The molecule has 0 atom stereocenters. The lowest BCUT2D eigenvalue weighted by Gasteiger charge is -2.23. The number of hydrogen-bond donors (Lipinski definition) is 1. The molecule has 3 aromatic rings. The molecular weight excluding hydrogens is 444 g/mol. The smallest absolute Gasteiger partial charge is 0.259 e. The Labute approximate surface area is 206 Å². The minimum absolute atomic E-state index is 0.263. The first-order valence-electron chi connectivity index (χ1n) is 11.7. The van der Waals surface area contributed by atoms with Crippen molar-refractivity contribution in [1.29, 1.82) is 0 Å². The number of nitrogens with one attached hydrogen (secondary N) is 1. The summed E-state index contributed by atoms with van der Waals surface area (Å²) >= 11 is 0. The van der Waals surface area contributed by atoms with Crippen molar-refractivity contribution in [3.8, 4) is 17.2 Å². The summed E-state index contributed by atoms with van der Waals surface area (Å²) in [4.78, 5) is 22.1. The van der Waals surface area contributed by atoms with E-state index < -0.39 is 0 Å². The topological polar surface area (TPSA) is 76.2 Å². The predicted octanol–water partition coefficient (Wildman–Crippen LogP) is 4.07. The van der Waals surface area contributed by atoms with E-state index in [1.807, 2.05) is 24.3 Å². The summed E-state index contributed by atoms with van der Waals surface area (Å²) in [6, 6.07) is 17.1. The first-order valence-corrected chi connectivity index (χ1v) is 11.7. The van der Waals surface area contributed by atoms with Gasteiger partial charge < -0.3 is 24.4 Å². The van der Waals surface area contributed by atoms with Crippen LogP contribution in [0.1, 0.15) is 22.3 Å². The number of anilines is 2. The summed E-state index contributed by atoms with van der Waals surface area (Å²) in [6.07, 6.45) is 2.74. The van der Waals surface area contributed by atoms with Crippen molar-refractivity contribution in [2.45, 2.75) is 13.0 Å². The zero-order valence-corrected chi connectivity index (χ0v) is 20.5. The summed E-state index contributed by atoms with van der Waals surface area (Å²) in [7, 11) is 4.82. The van der Waals surface area contributed by atoms with Crippen molar-refractivity contribution < 1.29 is 19.0 Å². The van der Waals surface area contributed by atoms with Crippen molar-refractivity contribution in [2.75, 3.05) is 57.7 Å². The highest BCUT2D eigenvalue weighted by Gasteiger charge is 2.18. The zero-order valence-electron chi connectivity index (χ0n) is 20.5. The Hall–Kier alpha value is -3.78. The van der Waals surface area contributed by atoms with E-state index in [2.05, 4.69) is 32.2 Å². The van der Waals surface area contributed by atoms with Crippen molar-refractivity contribution in [3.63, 3.8) is 0 Å². The fourth-order valence-electron chi connectivity index (χ4n) is 4.26. The predicted molar refractivity (Wildman–Crippen MR) is 137 cm³/mol. The van der Waals surface area contributed by atoms with Crippen LogP contribution in [-0.4, -0.2) is 63.3 Å². The van der Waals surface area contributed by atoms with Crippen molar-refractivity contribution in [2.24, 2.45) is 0 Å². The number of ether oxygens (including phenoxy) is 3. The molecule has 1 N–H and O–H groups in total. The Morgan fingerprint density at radius 1 is 0.914 bits per heavy atom. The molecule has 8 nitrogen and oxygen atoms in total. The number of aromatic nitrogens is 1. The van der Waals surface area contributed by atoms with E-state index in [0.29, 0.717) is 22.7 Å². The molecule has 2 aromatic carbocycles. The van der Waals surface area contributed by atoms with Gasteiger partial charge in [0, 0.05) is 44.4 Å². The fraction of sp³-hybridized carbons (Fsp3) is 0.333. The van der Waals surface area contributed by atoms with E-state index >= 15 is 0 Å². The molecule has 1 amide bonds. The lowest BCUT2D eigenvalue weighted by Crippen LogP contribution is -2.31. The largest absolute Gasteiger partial charge is 0.497 e. The highest BCUT2D eigenvalue weighted by atomic mass is 16.5. The number of pyridine rings is 1. The molecule has 0 radical (unpaired) electrons. The molecule has 1 saturated heterocycles. The van der Waals surface area contributed by atoms with Gasteiger partial charge in [0.15, 0.2) is 0 Å². The van der Waals surface area contributed by atoms with E-state index in [1.165, 1.54) is 12.7 Å². The monoisotopic (exact) mass is 476 g/mol. The van der Waals surface area contributed by atoms with Gasteiger partial charge in [0.25, 0.3) is 5.91 Å². The Morgan fingerprint density at radius 3 is 2.49 bits per heavy atom. The van der Waals surface area contributed by atoms with Gasteiger partial charge in [0.1, 0.15) is 23.1 Å². The van der Waals surface area contributed by atoms with E-state index in [0.717, 1.165) is 50.7 Å². The average Bonchev–Trinajstić information content (AvgIpc) is 3.14. The molecule has 184 valence electrons. The summed E-state index contributed by atoms with van der Waals surface area (Å²) in [6.45, 7) is 4.65. The molecule has 35 heavy (non-hydrogen) atoms. The third-order valence-electron chi connectivity index (χ3n) is 6.16. The van der Waals surface area contributed by atoms with E-state index in [9.17, 15) is 4.79 Å². The Kier molecular flexibility index (Phi) is 8.05. The molecule has 1 aliphatic heterocycles. The minimum Gasteiger partial charge on any atom is -0.497 e. The average molecular weight is 477 g/mol. The molecule has 0 aliphatic carbocycles. The first kappa shape index (κ1) is 24.3. The number of nitrogens with zero attached hydrogens (tertiary/aromatic N) is 3. The van der Waals surface area contributed by atoms with Gasteiger partial charge in [-0.3, -0.25) is 9.69 Å². The van der Waals surface area contributed by atoms with Crippen LogP contribution in [0.25, 0.3) is 0 Å². The number of methoxy groups -OCH3 is 3. The summed E-state index contributed by atoms with van der Waals surface area (Å²) < 4.78 is 16.1. The van der Waals surface area contributed by atoms with Gasteiger partial charge in [-0.05, 0) is 36.8 Å². The third-order valence-corrected chi connectivity index (χ3v) is 6.16. The van der Waals surface area contributed by atoms with Crippen LogP contribution in [-0.2, 0) is 6.54 Å². The van der Waals surface area contributed by atoms with Crippen molar-refractivity contribution in [3.05, 3.63) is 71.9 Å². The number of hydrogen-bond acceptors (Lipinski definition) is 7. The van der Waals surface area contributed by atoms with Gasteiger partial charge >= 0.3 is 0 Å². The maximum Gasteiger partial charge on any atom is 0.259 e. The van der Waals surface area contributed by atoms with Crippen LogP contribution in [0.15, 0.2) is 60.8 Å². The second-order valence-corrected chi connectivity index (χ2v) is 8.35. The molecule has 0 bridgehead atoms. The summed E-state index contributed by atoms with van der Waals surface area (Å²) in [5.74, 6) is 2.65. The number of carbonyl (C=O) groups is 1. The van der Waals surface area contributed by atoms with E-state index in [-0.39, 0.29) is 5.91 Å². The standard InChI is InChI=1S/C27H32N4O4/c1-33-22-10-11-23(25(17-22)35-3)27(32)29-21-9-12-26(28-18-21)31-14-6-13-30(15-16-31)19-20-7-4-5-8-24(20)34-2/h4-5,7-12,17-18H,6,13-16,19H2,1-3H3,(H,29,32). The van der Waals surface area contributed by atoms with Crippen LogP contribution in [0, 0.1) is 0 Å². The lowest BCUT2D eigenvalue weighted by molar-refractivity contribution is 0.102. The highest BCUT2D eigenvalue weighted by Crippen LogP contribution is 2.26. The highest BCUT2D eigenvalue weighted by molar-refractivity contribution is 6.06. The SMILES string of the molecule is COc1ccc(C(=O)Nc2ccc(N3CCCN(Cc4ccccc4OC)CC3)nc2)c(OC)c1.